The van der Waals surface area contributed by atoms with Crippen LogP contribution in [0.15, 0.2) is 24.3 Å². The Labute approximate surface area is 166 Å². The Hall–Kier alpha value is -2.40. The zero-order chi connectivity index (χ0) is 20.3. The summed E-state index contributed by atoms with van der Waals surface area (Å²) >= 11 is 0. The van der Waals surface area contributed by atoms with Gasteiger partial charge < -0.3 is 14.5 Å². The van der Waals surface area contributed by atoms with Gasteiger partial charge in [0.2, 0.25) is 0 Å². The molecule has 5 nitrogen and oxygen atoms in total. The number of nitrogens with one attached hydrogen (secondary N) is 1. The monoisotopic (exact) mass is 383 g/mol. The summed E-state index contributed by atoms with van der Waals surface area (Å²) < 4.78 is 10.7. The fraction of sp³-hybridized carbons (Fsp3) is 0.478. The minimum absolute atomic E-state index is 0.0850. The van der Waals surface area contributed by atoms with Crippen molar-refractivity contribution in [3.05, 3.63) is 57.9 Å². The average Bonchev–Trinajstić information content (AvgIpc) is 3.02. The maximum atomic E-state index is 12.8. The molecule has 0 amide bonds. The van der Waals surface area contributed by atoms with Gasteiger partial charge >= 0.3 is 5.97 Å². The molecular formula is C23H29NO4. The van der Waals surface area contributed by atoms with Gasteiger partial charge in [0.25, 0.3) is 0 Å². The van der Waals surface area contributed by atoms with E-state index in [1.54, 1.807) is 0 Å². The first kappa shape index (κ1) is 20.3. The van der Waals surface area contributed by atoms with Crippen molar-refractivity contribution in [2.75, 3.05) is 13.2 Å². The van der Waals surface area contributed by atoms with Crippen molar-refractivity contribution < 1.29 is 19.1 Å². The average molecular weight is 383 g/mol. The summed E-state index contributed by atoms with van der Waals surface area (Å²) in [5, 5.41) is 0. The van der Waals surface area contributed by atoms with Crippen molar-refractivity contribution in [3.63, 3.8) is 0 Å². The van der Waals surface area contributed by atoms with Crippen LogP contribution in [0.4, 0.5) is 0 Å². The second kappa shape index (κ2) is 8.74. The number of benzene rings is 1. The standard InChI is InChI=1S/C23H29NO4/c1-5-16-6-8-17(9-7-16)18-12-19-21(20(25)13-18)15(4)22(24-19)23(26)28-11-10-27-14(2)3/h6-9,14,18,24H,5,10-13H2,1-4H3. The van der Waals surface area contributed by atoms with Gasteiger partial charge in [-0.3, -0.25) is 4.79 Å². The molecule has 5 heteroatoms. The first-order valence-electron chi connectivity index (χ1n) is 10.0. The van der Waals surface area contributed by atoms with Crippen molar-refractivity contribution in [1.82, 2.24) is 4.98 Å². The fourth-order valence-electron chi connectivity index (χ4n) is 3.79. The van der Waals surface area contributed by atoms with Crippen LogP contribution in [0, 0.1) is 6.92 Å². The lowest BCUT2D eigenvalue weighted by molar-refractivity contribution is 0.0172. The summed E-state index contributed by atoms with van der Waals surface area (Å²) in [6.45, 7) is 8.36. The highest BCUT2D eigenvalue weighted by atomic mass is 16.6. The van der Waals surface area contributed by atoms with Crippen molar-refractivity contribution in [2.24, 2.45) is 0 Å². The van der Waals surface area contributed by atoms with Crippen molar-refractivity contribution >= 4 is 11.8 Å². The number of fused-ring (bicyclic) bond motifs is 1. The molecule has 1 N–H and O–H groups in total. The Balaban J connectivity index is 1.74. The number of esters is 1. The summed E-state index contributed by atoms with van der Waals surface area (Å²) in [5.41, 5.74) is 5.02. The molecule has 28 heavy (non-hydrogen) atoms. The van der Waals surface area contributed by atoms with Gasteiger partial charge in [-0.25, -0.2) is 4.79 Å². The van der Waals surface area contributed by atoms with Crippen LogP contribution in [0.2, 0.25) is 0 Å². The van der Waals surface area contributed by atoms with E-state index in [1.165, 1.54) is 11.1 Å². The largest absolute Gasteiger partial charge is 0.459 e. The summed E-state index contributed by atoms with van der Waals surface area (Å²) in [5.74, 6) is -0.218. The lowest BCUT2D eigenvalue weighted by Gasteiger charge is -2.22. The molecule has 1 aliphatic rings. The number of aromatic amines is 1. The Bertz CT molecular complexity index is 848. The van der Waals surface area contributed by atoms with E-state index in [2.05, 4.69) is 36.2 Å². The molecule has 2 aromatic rings. The van der Waals surface area contributed by atoms with Gasteiger partial charge in [0.15, 0.2) is 5.78 Å². The Morgan fingerprint density at radius 2 is 1.89 bits per heavy atom. The predicted molar refractivity (Wildman–Crippen MR) is 108 cm³/mol. The number of rotatable bonds is 7. The van der Waals surface area contributed by atoms with Crippen LogP contribution in [-0.4, -0.2) is 36.1 Å². The molecule has 0 fully saturated rings. The molecule has 0 spiro atoms. The highest BCUT2D eigenvalue weighted by molar-refractivity contribution is 6.03. The van der Waals surface area contributed by atoms with Crippen LogP contribution < -0.4 is 0 Å². The molecule has 1 heterocycles. The number of ketones is 1. The minimum Gasteiger partial charge on any atom is -0.459 e. The van der Waals surface area contributed by atoms with Crippen molar-refractivity contribution in [3.8, 4) is 0 Å². The third kappa shape index (κ3) is 4.36. The number of carbonyl (C=O) groups excluding carboxylic acids is 2. The molecule has 1 aliphatic carbocycles. The number of hydrogen-bond acceptors (Lipinski definition) is 4. The lowest BCUT2D eigenvalue weighted by Crippen LogP contribution is -2.18. The minimum atomic E-state index is -0.434. The maximum Gasteiger partial charge on any atom is 0.355 e. The summed E-state index contributed by atoms with van der Waals surface area (Å²) in [6, 6.07) is 8.47. The van der Waals surface area contributed by atoms with E-state index in [1.807, 2.05) is 20.8 Å². The molecular weight excluding hydrogens is 354 g/mol. The number of hydrogen-bond donors (Lipinski definition) is 1. The number of aryl methyl sites for hydroxylation is 1. The van der Waals surface area contributed by atoms with Gasteiger partial charge in [-0.2, -0.15) is 0 Å². The zero-order valence-electron chi connectivity index (χ0n) is 17.1. The second-order valence-corrected chi connectivity index (χ2v) is 7.66. The molecule has 0 saturated heterocycles. The lowest BCUT2D eigenvalue weighted by atomic mass is 9.81. The molecule has 1 aromatic heterocycles. The third-order valence-corrected chi connectivity index (χ3v) is 5.32. The van der Waals surface area contributed by atoms with E-state index in [9.17, 15) is 9.59 Å². The topological polar surface area (TPSA) is 68.4 Å². The van der Waals surface area contributed by atoms with Gasteiger partial charge in [0.05, 0.1) is 12.7 Å². The molecule has 150 valence electrons. The van der Waals surface area contributed by atoms with Crippen molar-refractivity contribution in [1.29, 1.82) is 0 Å². The Kier molecular flexibility index (Phi) is 6.35. The fourth-order valence-corrected chi connectivity index (χ4v) is 3.79. The summed E-state index contributed by atoms with van der Waals surface area (Å²) in [7, 11) is 0. The molecule has 0 aliphatic heterocycles. The normalized spacial score (nSPS) is 16.3. The van der Waals surface area contributed by atoms with Crippen LogP contribution in [0.5, 0.6) is 0 Å². The molecule has 0 saturated carbocycles. The van der Waals surface area contributed by atoms with Crippen LogP contribution in [0.3, 0.4) is 0 Å². The SMILES string of the molecule is CCc1ccc(C2CC(=O)c3c([nH]c(C(=O)OCCOC(C)C)c3C)C2)cc1. The predicted octanol–water partition coefficient (Wildman–Crippen LogP) is 4.38. The van der Waals surface area contributed by atoms with E-state index in [0.717, 1.165) is 18.5 Å². The third-order valence-electron chi connectivity index (χ3n) is 5.32. The van der Waals surface area contributed by atoms with Crippen molar-refractivity contribution in [2.45, 2.75) is 59.0 Å². The van der Waals surface area contributed by atoms with Crippen LogP contribution in [0.1, 0.15) is 76.3 Å². The highest BCUT2D eigenvalue weighted by Gasteiger charge is 2.32. The van der Waals surface area contributed by atoms with E-state index >= 15 is 0 Å². The number of H-pyrrole nitrogens is 1. The first-order valence-corrected chi connectivity index (χ1v) is 10.0. The van der Waals surface area contributed by atoms with E-state index in [-0.39, 0.29) is 24.4 Å². The van der Waals surface area contributed by atoms with Gasteiger partial charge in [0.1, 0.15) is 12.3 Å². The molecule has 1 aromatic carbocycles. The van der Waals surface area contributed by atoms with Crippen LogP contribution >= 0.6 is 0 Å². The summed E-state index contributed by atoms with van der Waals surface area (Å²) in [4.78, 5) is 28.4. The van der Waals surface area contributed by atoms with E-state index in [4.69, 9.17) is 9.47 Å². The summed E-state index contributed by atoms with van der Waals surface area (Å²) in [6.07, 6.45) is 2.28. The number of ether oxygens (including phenoxy) is 2. The molecule has 3 rings (SSSR count). The second-order valence-electron chi connectivity index (χ2n) is 7.66. The quantitative estimate of drug-likeness (QED) is 0.569. The molecule has 0 bridgehead atoms. The Morgan fingerprint density at radius 1 is 1.18 bits per heavy atom. The number of carbonyl (C=O) groups is 2. The molecule has 1 unspecified atom stereocenters. The first-order chi connectivity index (χ1) is 13.4. The van der Waals surface area contributed by atoms with Gasteiger partial charge in [-0.15, -0.1) is 0 Å². The molecule has 0 radical (unpaired) electrons. The van der Waals surface area contributed by atoms with Gasteiger partial charge in [-0.1, -0.05) is 31.2 Å². The van der Waals surface area contributed by atoms with E-state index in [0.29, 0.717) is 29.8 Å². The molecule has 1 atom stereocenters. The van der Waals surface area contributed by atoms with Crippen LogP contribution in [0.25, 0.3) is 0 Å². The maximum absolute atomic E-state index is 12.8. The van der Waals surface area contributed by atoms with Gasteiger partial charge in [0, 0.05) is 17.7 Å². The highest BCUT2D eigenvalue weighted by Crippen LogP contribution is 2.35. The number of Topliss-reactive ketones (excluding diaryl/α,β-unsaturated/α-hetero) is 1. The van der Waals surface area contributed by atoms with Gasteiger partial charge in [-0.05, 0) is 56.2 Å². The Morgan fingerprint density at radius 3 is 2.54 bits per heavy atom. The smallest absolute Gasteiger partial charge is 0.355 e. The number of aromatic nitrogens is 1. The van der Waals surface area contributed by atoms with E-state index < -0.39 is 5.97 Å². The van der Waals surface area contributed by atoms with Crippen LogP contribution in [-0.2, 0) is 22.3 Å². The zero-order valence-corrected chi connectivity index (χ0v) is 17.1.